The van der Waals surface area contributed by atoms with Gasteiger partial charge >= 0.3 is 0 Å². The number of anilines is 1. The maximum atomic E-state index is 14.0. The number of rotatable bonds is 3. The van der Waals surface area contributed by atoms with Gasteiger partial charge in [-0.3, -0.25) is 34.2 Å². The number of phenolic OH excluding ortho intramolecular Hbond substituents is 1. The highest BCUT2D eigenvalue weighted by Crippen LogP contribution is 2.56. The van der Waals surface area contributed by atoms with Crippen LogP contribution in [0.5, 0.6) is 5.75 Å². The zero-order valence-electron chi connectivity index (χ0n) is 22.4. The topological polar surface area (TPSA) is 135 Å². The van der Waals surface area contributed by atoms with Crippen LogP contribution in [0, 0.1) is 27.9 Å². The van der Waals surface area contributed by atoms with Crippen molar-refractivity contribution in [2.75, 3.05) is 4.90 Å². The molecule has 0 radical (unpaired) electrons. The quantitative estimate of drug-likeness (QED) is 0.155. The number of carbonyl (C=O) groups is 4. The smallest absolute Gasteiger partial charge is 0.269 e. The van der Waals surface area contributed by atoms with Crippen molar-refractivity contribution < 1.29 is 29.2 Å². The summed E-state index contributed by atoms with van der Waals surface area (Å²) in [6.45, 7) is 1.60. The lowest BCUT2D eigenvalue weighted by atomic mass is 9.59. The molecule has 42 heavy (non-hydrogen) atoms. The number of fused-ring (bicyclic) bond motifs is 4. The number of hydrogen-bond acceptors (Lipinski definition) is 7. The molecule has 3 aromatic carbocycles. The molecule has 4 aliphatic rings. The second-order valence-electron chi connectivity index (χ2n) is 11.2. The van der Waals surface area contributed by atoms with Gasteiger partial charge in [-0.15, -0.1) is 0 Å². The van der Waals surface area contributed by atoms with E-state index in [2.05, 4.69) is 0 Å². The fourth-order valence-electron chi connectivity index (χ4n) is 7.27. The molecule has 0 saturated carbocycles. The first-order valence-corrected chi connectivity index (χ1v) is 13.7. The van der Waals surface area contributed by atoms with Gasteiger partial charge < -0.3 is 5.11 Å². The molecule has 4 atom stereocenters. The Morgan fingerprint density at radius 1 is 0.905 bits per heavy atom. The van der Waals surface area contributed by atoms with E-state index in [0.29, 0.717) is 22.1 Å². The minimum Gasteiger partial charge on any atom is -0.507 e. The Labute approximate surface area is 239 Å². The van der Waals surface area contributed by atoms with E-state index in [9.17, 15) is 34.4 Å². The summed E-state index contributed by atoms with van der Waals surface area (Å²) in [5, 5.41) is 23.0. The molecule has 7 rings (SSSR count). The molecule has 1 fully saturated rings. The third-order valence-electron chi connectivity index (χ3n) is 9.13. The summed E-state index contributed by atoms with van der Waals surface area (Å²) >= 11 is 0. The van der Waals surface area contributed by atoms with Crippen LogP contribution < -0.4 is 4.90 Å². The number of amides is 2. The molecule has 3 aromatic rings. The zero-order chi connectivity index (χ0) is 29.4. The van der Waals surface area contributed by atoms with E-state index in [4.69, 9.17) is 0 Å². The molecule has 0 aromatic heterocycles. The van der Waals surface area contributed by atoms with E-state index in [0.717, 1.165) is 21.4 Å². The Balaban J connectivity index is 1.38. The third-order valence-corrected chi connectivity index (χ3v) is 9.13. The number of nitro groups is 1. The van der Waals surface area contributed by atoms with Crippen molar-refractivity contribution in [3.05, 3.63) is 111 Å². The molecule has 208 valence electrons. The number of carbonyl (C=O) groups excluding carboxylic acids is 4. The van der Waals surface area contributed by atoms with Crippen LogP contribution >= 0.6 is 0 Å². The number of phenols is 1. The molecule has 2 amide bonds. The maximum Gasteiger partial charge on any atom is 0.269 e. The Kier molecular flexibility index (Phi) is 5.63. The van der Waals surface area contributed by atoms with Crippen molar-refractivity contribution in [2.24, 2.45) is 17.8 Å². The Morgan fingerprint density at radius 2 is 1.62 bits per heavy atom. The lowest BCUT2D eigenvalue weighted by molar-refractivity contribution is -0.384. The number of nitrogens with zero attached hydrogens (tertiary/aromatic N) is 2. The summed E-state index contributed by atoms with van der Waals surface area (Å²) < 4.78 is 0. The number of hydrogen-bond donors (Lipinski definition) is 1. The summed E-state index contributed by atoms with van der Waals surface area (Å²) in [4.78, 5) is 66.4. The standard InChI is InChI=1S/C33H24N2O7/c1-16-14-27(37)30-25(31(16)38)15-24-22(28(30)21-12-13-26(36)20-5-3-2-4-19(20)21)10-11-23-29(24)33(40)34(32(23)39)17-6-8-18(9-7-17)35(41)42/h2-10,12-14,23-24,28-29,36H,11,15H2,1H3/t23-,24+,28-,29-/m0/s1. The number of non-ortho nitro benzene ring substituents is 1. The number of allylic oxidation sites excluding steroid dienone is 6. The number of aromatic hydroxyl groups is 1. The Bertz CT molecular complexity index is 1880. The predicted octanol–water partition coefficient (Wildman–Crippen LogP) is 5.09. The molecule has 9 nitrogen and oxygen atoms in total. The van der Waals surface area contributed by atoms with Gasteiger partial charge in [-0.1, -0.05) is 42.0 Å². The number of nitro benzene ring substituents is 1. The zero-order valence-corrected chi connectivity index (χ0v) is 22.4. The first-order valence-electron chi connectivity index (χ1n) is 13.7. The number of Topliss-reactive ketones (excluding diaryl/α,β-unsaturated/α-hetero) is 1. The minimum absolute atomic E-state index is 0.0886. The molecule has 1 heterocycles. The number of imide groups is 1. The monoisotopic (exact) mass is 560 g/mol. The van der Waals surface area contributed by atoms with E-state index >= 15 is 0 Å². The molecular formula is C33H24N2O7. The van der Waals surface area contributed by atoms with Crippen LogP contribution in [0.4, 0.5) is 11.4 Å². The fourth-order valence-corrected chi connectivity index (χ4v) is 7.27. The highest BCUT2D eigenvalue weighted by molar-refractivity contribution is 6.25. The number of ketones is 2. The SMILES string of the molecule is CC1=CC(=O)C2=C(C[C@@H]3C(=CC[C@@H]4C(=O)N(c5ccc([N+](=O)[O-])cc5)C(=O)[C@@H]43)[C@@H]2c2ccc(O)c3ccccc23)C1=O. The molecule has 0 unspecified atom stereocenters. The van der Waals surface area contributed by atoms with Gasteiger partial charge in [-0.05, 0) is 60.9 Å². The number of benzene rings is 3. The van der Waals surface area contributed by atoms with Crippen LogP contribution in [0.25, 0.3) is 10.8 Å². The third kappa shape index (κ3) is 3.56. The highest BCUT2D eigenvalue weighted by atomic mass is 16.6. The first kappa shape index (κ1) is 25.8. The van der Waals surface area contributed by atoms with Crippen molar-refractivity contribution >= 4 is 45.5 Å². The van der Waals surface area contributed by atoms with Gasteiger partial charge in [0.05, 0.1) is 22.4 Å². The van der Waals surface area contributed by atoms with Gasteiger partial charge in [0.15, 0.2) is 11.6 Å². The van der Waals surface area contributed by atoms with Crippen molar-refractivity contribution in [2.45, 2.75) is 25.7 Å². The largest absolute Gasteiger partial charge is 0.507 e. The van der Waals surface area contributed by atoms with Crippen LogP contribution in [0.2, 0.25) is 0 Å². The van der Waals surface area contributed by atoms with Crippen LogP contribution in [-0.4, -0.2) is 33.4 Å². The maximum absolute atomic E-state index is 14.0. The minimum atomic E-state index is -0.762. The Hall–Kier alpha value is -5.18. The van der Waals surface area contributed by atoms with Crippen LogP contribution in [0.1, 0.15) is 31.2 Å². The lowest BCUT2D eigenvalue weighted by Crippen LogP contribution is -2.39. The van der Waals surface area contributed by atoms with Gasteiger partial charge in [0.25, 0.3) is 5.69 Å². The molecule has 1 saturated heterocycles. The second kappa shape index (κ2) is 9.17. The summed E-state index contributed by atoms with van der Waals surface area (Å²) in [6.07, 6.45) is 3.73. The molecule has 0 bridgehead atoms. The van der Waals surface area contributed by atoms with E-state index in [1.807, 2.05) is 24.3 Å². The highest BCUT2D eigenvalue weighted by Gasteiger charge is 2.56. The molecule has 1 aliphatic heterocycles. The molecular weight excluding hydrogens is 536 g/mol. The summed E-state index contributed by atoms with van der Waals surface area (Å²) in [5.74, 6) is -3.80. The predicted molar refractivity (Wildman–Crippen MR) is 153 cm³/mol. The normalized spacial score (nSPS) is 25.2. The summed E-state index contributed by atoms with van der Waals surface area (Å²) in [6, 6.07) is 15.9. The van der Waals surface area contributed by atoms with Gasteiger partial charge in [0.2, 0.25) is 11.8 Å². The summed E-state index contributed by atoms with van der Waals surface area (Å²) in [7, 11) is 0. The van der Waals surface area contributed by atoms with Crippen LogP contribution in [0.3, 0.4) is 0 Å². The van der Waals surface area contributed by atoms with Crippen molar-refractivity contribution in [1.29, 1.82) is 0 Å². The van der Waals surface area contributed by atoms with Crippen molar-refractivity contribution in [3.8, 4) is 5.75 Å². The van der Waals surface area contributed by atoms with Crippen molar-refractivity contribution in [3.63, 3.8) is 0 Å². The van der Waals surface area contributed by atoms with Gasteiger partial charge in [-0.25, -0.2) is 0 Å². The fraction of sp³-hybridized carbons (Fsp3) is 0.212. The Morgan fingerprint density at radius 3 is 2.33 bits per heavy atom. The lowest BCUT2D eigenvalue weighted by Gasteiger charge is -2.42. The molecule has 3 aliphatic carbocycles. The van der Waals surface area contributed by atoms with E-state index in [-0.39, 0.29) is 47.4 Å². The average Bonchev–Trinajstić information content (AvgIpc) is 3.25. The second-order valence-corrected chi connectivity index (χ2v) is 11.2. The molecule has 9 heteroatoms. The molecule has 0 spiro atoms. The van der Waals surface area contributed by atoms with E-state index < -0.39 is 34.5 Å². The van der Waals surface area contributed by atoms with Gasteiger partial charge in [0, 0.05) is 40.2 Å². The average molecular weight is 561 g/mol. The molecule has 1 N–H and O–H groups in total. The van der Waals surface area contributed by atoms with Crippen LogP contribution in [-0.2, 0) is 19.2 Å². The first-order chi connectivity index (χ1) is 20.2. The van der Waals surface area contributed by atoms with Crippen LogP contribution in [0.15, 0.2) is 95.1 Å². The van der Waals surface area contributed by atoms with E-state index in [1.54, 1.807) is 25.1 Å². The van der Waals surface area contributed by atoms with Crippen molar-refractivity contribution in [1.82, 2.24) is 0 Å². The van der Waals surface area contributed by atoms with E-state index in [1.165, 1.54) is 30.3 Å². The van der Waals surface area contributed by atoms with Gasteiger partial charge in [-0.2, -0.15) is 0 Å². The summed E-state index contributed by atoms with van der Waals surface area (Å²) in [5.41, 5.74) is 2.72. The van der Waals surface area contributed by atoms with Gasteiger partial charge in [0.1, 0.15) is 5.75 Å².